The number of anilines is 3. The number of nitrogens with zero attached hydrogens (tertiary/aromatic N) is 2. The number of nitrogens with one attached hydrogen (secondary N) is 2. The molecule has 0 aliphatic rings. The van der Waals surface area contributed by atoms with Crippen LogP contribution in [0.3, 0.4) is 0 Å². The van der Waals surface area contributed by atoms with Crippen molar-refractivity contribution in [3.63, 3.8) is 0 Å². The molecule has 0 bridgehead atoms. The number of hydrogen-bond donors (Lipinski definition) is 2. The van der Waals surface area contributed by atoms with Crippen molar-refractivity contribution in [3.8, 4) is 5.75 Å². The maximum absolute atomic E-state index is 12.5. The third-order valence-electron chi connectivity index (χ3n) is 3.89. The maximum atomic E-state index is 12.5. The zero-order valence-electron chi connectivity index (χ0n) is 16.0. The summed E-state index contributed by atoms with van der Waals surface area (Å²) >= 11 is 0. The number of ether oxygens (including phenoxy) is 2. The number of esters is 1. The Morgan fingerprint density at radius 3 is 2.52 bits per heavy atom. The van der Waals surface area contributed by atoms with Gasteiger partial charge in [-0.2, -0.15) is 0 Å². The van der Waals surface area contributed by atoms with Crippen LogP contribution in [0.25, 0.3) is 0 Å². The highest BCUT2D eigenvalue weighted by Crippen LogP contribution is 2.26. The standard InChI is InChI=1S/C21H20N4O4/c1-3-29-18-7-5-4-6-16(18)24-21-22-13-12-17(25-21)19(26)23-15-10-8-14(9-11-15)20(27)28-2/h4-13H,3H2,1-2H3,(H,23,26)(H,22,24,25). The molecule has 3 aromatic rings. The molecule has 0 saturated carbocycles. The van der Waals surface area contributed by atoms with Crippen LogP contribution in [-0.4, -0.2) is 35.6 Å². The van der Waals surface area contributed by atoms with Crippen molar-refractivity contribution in [2.75, 3.05) is 24.4 Å². The van der Waals surface area contributed by atoms with Crippen LogP contribution in [-0.2, 0) is 4.74 Å². The van der Waals surface area contributed by atoms with Crippen LogP contribution >= 0.6 is 0 Å². The van der Waals surface area contributed by atoms with E-state index in [0.717, 1.165) is 0 Å². The second-order valence-electron chi connectivity index (χ2n) is 5.84. The Bertz CT molecular complexity index is 1010. The Labute approximate surface area is 167 Å². The number of benzene rings is 2. The second-order valence-corrected chi connectivity index (χ2v) is 5.84. The third-order valence-corrected chi connectivity index (χ3v) is 3.89. The topological polar surface area (TPSA) is 102 Å². The molecule has 3 rings (SSSR count). The predicted octanol–water partition coefficient (Wildman–Crippen LogP) is 3.66. The lowest BCUT2D eigenvalue weighted by atomic mass is 10.2. The summed E-state index contributed by atoms with van der Waals surface area (Å²) in [5.74, 6) is 0.0890. The molecule has 0 unspecified atom stereocenters. The zero-order valence-corrected chi connectivity index (χ0v) is 16.0. The van der Waals surface area contributed by atoms with Gasteiger partial charge in [-0.15, -0.1) is 0 Å². The highest BCUT2D eigenvalue weighted by atomic mass is 16.5. The quantitative estimate of drug-likeness (QED) is 0.592. The number of carbonyl (C=O) groups excluding carboxylic acids is 2. The van der Waals surface area contributed by atoms with Crippen LogP contribution in [0.2, 0.25) is 0 Å². The lowest BCUT2D eigenvalue weighted by Gasteiger charge is -2.11. The van der Waals surface area contributed by atoms with Gasteiger partial charge in [0.1, 0.15) is 11.4 Å². The summed E-state index contributed by atoms with van der Waals surface area (Å²) in [4.78, 5) is 32.4. The molecule has 0 aliphatic heterocycles. The van der Waals surface area contributed by atoms with Crippen molar-refractivity contribution < 1.29 is 19.1 Å². The van der Waals surface area contributed by atoms with E-state index in [1.54, 1.807) is 24.3 Å². The van der Waals surface area contributed by atoms with Crippen LogP contribution in [0.15, 0.2) is 60.8 Å². The van der Waals surface area contributed by atoms with Crippen LogP contribution in [0, 0.1) is 0 Å². The molecule has 0 saturated heterocycles. The van der Waals surface area contributed by atoms with Gasteiger partial charge in [0, 0.05) is 11.9 Å². The smallest absolute Gasteiger partial charge is 0.337 e. The van der Waals surface area contributed by atoms with Gasteiger partial charge in [0.25, 0.3) is 5.91 Å². The molecule has 29 heavy (non-hydrogen) atoms. The number of amides is 1. The van der Waals surface area contributed by atoms with Gasteiger partial charge in [-0.05, 0) is 49.4 Å². The fourth-order valence-electron chi connectivity index (χ4n) is 2.52. The molecule has 1 aromatic heterocycles. The monoisotopic (exact) mass is 392 g/mol. The third kappa shape index (κ3) is 5.07. The average molecular weight is 392 g/mol. The van der Waals surface area contributed by atoms with E-state index < -0.39 is 11.9 Å². The Kier molecular flexibility index (Phi) is 6.36. The zero-order chi connectivity index (χ0) is 20.6. The van der Waals surface area contributed by atoms with Gasteiger partial charge < -0.3 is 20.1 Å². The van der Waals surface area contributed by atoms with Crippen molar-refractivity contribution >= 4 is 29.2 Å². The Balaban J connectivity index is 1.72. The van der Waals surface area contributed by atoms with Crippen molar-refractivity contribution in [1.82, 2.24) is 9.97 Å². The lowest BCUT2D eigenvalue weighted by Crippen LogP contribution is -2.15. The van der Waals surface area contributed by atoms with Crippen molar-refractivity contribution in [2.24, 2.45) is 0 Å². The van der Waals surface area contributed by atoms with Crippen LogP contribution in [0.5, 0.6) is 5.75 Å². The van der Waals surface area contributed by atoms with E-state index in [-0.39, 0.29) is 11.6 Å². The van der Waals surface area contributed by atoms with Gasteiger partial charge in [0.2, 0.25) is 5.95 Å². The first-order valence-corrected chi connectivity index (χ1v) is 8.92. The molecule has 0 spiro atoms. The molecule has 2 aromatic carbocycles. The number of hydrogen-bond acceptors (Lipinski definition) is 7. The molecule has 2 N–H and O–H groups in total. The first kappa shape index (κ1) is 19.8. The number of methoxy groups -OCH3 is 1. The highest BCUT2D eigenvalue weighted by Gasteiger charge is 2.12. The first-order chi connectivity index (χ1) is 14.1. The summed E-state index contributed by atoms with van der Waals surface area (Å²) < 4.78 is 10.2. The lowest BCUT2D eigenvalue weighted by molar-refractivity contribution is 0.0600. The second kappa shape index (κ2) is 9.32. The summed E-state index contributed by atoms with van der Waals surface area (Å²) in [5, 5.41) is 5.80. The van der Waals surface area contributed by atoms with Gasteiger partial charge in [-0.25, -0.2) is 14.8 Å². The minimum absolute atomic E-state index is 0.188. The molecule has 1 amide bonds. The summed E-state index contributed by atoms with van der Waals surface area (Å²) in [6.07, 6.45) is 1.49. The SMILES string of the molecule is CCOc1ccccc1Nc1nccc(C(=O)Nc2ccc(C(=O)OC)cc2)n1. The largest absolute Gasteiger partial charge is 0.492 e. The molecule has 0 aliphatic carbocycles. The minimum Gasteiger partial charge on any atom is -0.492 e. The fourth-order valence-corrected chi connectivity index (χ4v) is 2.52. The van der Waals surface area contributed by atoms with E-state index in [0.29, 0.717) is 29.3 Å². The van der Waals surface area contributed by atoms with Gasteiger partial charge >= 0.3 is 5.97 Å². The molecular weight excluding hydrogens is 372 g/mol. The van der Waals surface area contributed by atoms with Gasteiger partial charge in [0.05, 0.1) is 25.0 Å². The minimum atomic E-state index is -0.443. The van der Waals surface area contributed by atoms with Gasteiger partial charge in [-0.1, -0.05) is 12.1 Å². The van der Waals surface area contributed by atoms with Crippen molar-refractivity contribution in [3.05, 3.63) is 72.1 Å². The van der Waals surface area contributed by atoms with Crippen LogP contribution in [0.1, 0.15) is 27.8 Å². The Morgan fingerprint density at radius 1 is 1.03 bits per heavy atom. The fraction of sp³-hybridized carbons (Fsp3) is 0.143. The van der Waals surface area contributed by atoms with Gasteiger partial charge in [-0.3, -0.25) is 4.79 Å². The number of aromatic nitrogens is 2. The van der Waals surface area contributed by atoms with Crippen LogP contribution < -0.4 is 15.4 Å². The first-order valence-electron chi connectivity index (χ1n) is 8.92. The summed E-state index contributed by atoms with van der Waals surface area (Å²) in [7, 11) is 1.31. The molecular formula is C21H20N4O4. The molecule has 0 atom stereocenters. The van der Waals surface area contributed by atoms with Crippen LogP contribution in [0.4, 0.5) is 17.3 Å². The summed E-state index contributed by atoms with van der Waals surface area (Å²) in [6, 6.07) is 15.3. The Morgan fingerprint density at radius 2 is 1.79 bits per heavy atom. The van der Waals surface area contributed by atoms with E-state index in [4.69, 9.17) is 4.74 Å². The summed E-state index contributed by atoms with van der Waals surface area (Å²) in [6.45, 7) is 2.42. The molecule has 1 heterocycles. The van der Waals surface area contributed by atoms with Crippen molar-refractivity contribution in [1.29, 1.82) is 0 Å². The summed E-state index contributed by atoms with van der Waals surface area (Å²) in [5.41, 5.74) is 1.81. The highest BCUT2D eigenvalue weighted by molar-refractivity contribution is 6.03. The average Bonchev–Trinajstić information content (AvgIpc) is 2.75. The van der Waals surface area contributed by atoms with E-state index >= 15 is 0 Å². The van der Waals surface area contributed by atoms with E-state index in [2.05, 4.69) is 25.3 Å². The molecule has 148 valence electrons. The maximum Gasteiger partial charge on any atom is 0.337 e. The molecule has 0 radical (unpaired) electrons. The number of para-hydroxylation sites is 2. The molecule has 8 heteroatoms. The predicted molar refractivity (Wildman–Crippen MR) is 109 cm³/mol. The van der Waals surface area contributed by atoms with Gasteiger partial charge in [0.15, 0.2) is 0 Å². The molecule has 0 fully saturated rings. The number of rotatable bonds is 7. The normalized spacial score (nSPS) is 10.1. The molecule has 8 nitrogen and oxygen atoms in total. The Hall–Kier alpha value is -3.94. The van der Waals surface area contributed by atoms with Crippen molar-refractivity contribution in [2.45, 2.75) is 6.92 Å². The van der Waals surface area contributed by atoms with E-state index in [1.165, 1.54) is 19.4 Å². The van der Waals surface area contributed by atoms with E-state index in [9.17, 15) is 9.59 Å². The van der Waals surface area contributed by atoms with E-state index in [1.807, 2.05) is 31.2 Å². The number of carbonyl (C=O) groups is 2.